The SMILES string of the molecule is COC(=S)Nc1cccc(CO)c1COc1cc(C)c(C)cc1F. The molecule has 0 radical (unpaired) electrons. The average molecular weight is 349 g/mol. The second kappa shape index (κ2) is 8.08. The van der Waals surface area contributed by atoms with Gasteiger partial charge in [0.1, 0.15) is 6.61 Å². The Morgan fingerprint density at radius 2 is 1.96 bits per heavy atom. The number of aliphatic hydroxyl groups is 1. The smallest absolute Gasteiger partial charge is 0.260 e. The topological polar surface area (TPSA) is 50.7 Å². The van der Waals surface area contributed by atoms with E-state index >= 15 is 0 Å². The third kappa shape index (κ3) is 4.21. The molecule has 2 aromatic carbocycles. The summed E-state index contributed by atoms with van der Waals surface area (Å²) in [7, 11) is 1.46. The molecule has 0 spiro atoms. The first-order valence-electron chi connectivity index (χ1n) is 7.42. The fourth-order valence-corrected chi connectivity index (χ4v) is 2.36. The number of aliphatic hydroxyl groups excluding tert-OH is 1. The van der Waals surface area contributed by atoms with Gasteiger partial charge >= 0.3 is 0 Å². The Hall–Kier alpha value is -2.18. The molecule has 0 atom stereocenters. The predicted molar refractivity (Wildman–Crippen MR) is 95.8 cm³/mol. The summed E-state index contributed by atoms with van der Waals surface area (Å²) in [4.78, 5) is 0. The Labute approximate surface area is 146 Å². The van der Waals surface area contributed by atoms with Crippen LogP contribution in [-0.4, -0.2) is 17.4 Å². The Kier molecular flexibility index (Phi) is 6.11. The van der Waals surface area contributed by atoms with Crippen LogP contribution in [0.15, 0.2) is 30.3 Å². The van der Waals surface area contributed by atoms with E-state index in [-0.39, 0.29) is 24.1 Å². The third-order valence-electron chi connectivity index (χ3n) is 3.79. The van der Waals surface area contributed by atoms with Crippen LogP contribution in [0.3, 0.4) is 0 Å². The zero-order valence-corrected chi connectivity index (χ0v) is 14.7. The van der Waals surface area contributed by atoms with Gasteiger partial charge in [0.25, 0.3) is 5.17 Å². The zero-order chi connectivity index (χ0) is 17.7. The number of nitrogens with one attached hydrogen (secondary N) is 1. The van der Waals surface area contributed by atoms with Crippen LogP contribution in [0.1, 0.15) is 22.3 Å². The van der Waals surface area contributed by atoms with Crippen molar-refractivity contribution in [1.82, 2.24) is 0 Å². The Balaban J connectivity index is 2.28. The molecule has 2 aromatic rings. The van der Waals surface area contributed by atoms with Crippen LogP contribution in [0, 0.1) is 19.7 Å². The lowest BCUT2D eigenvalue weighted by Crippen LogP contribution is -2.14. The van der Waals surface area contributed by atoms with E-state index in [4.69, 9.17) is 21.7 Å². The van der Waals surface area contributed by atoms with Crippen LogP contribution in [-0.2, 0) is 18.0 Å². The van der Waals surface area contributed by atoms with E-state index in [1.807, 2.05) is 13.8 Å². The van der Waals surface area contributed by atoms with Gasteiger partial charge in [-0.05, 0) is 61.0 Å². The lowest BCUT2D eigenvalue weighted by atomic mass is 10.1. The predicted octanol–water partition coefficient (Wildman–Crippen LogP) is 3.86. The van der Waals surface area contributed by atoms with E-state index in [0.29, 0.717) is 16.8 Å². The molecule has 0 fully saturated rings. The van der Waals surface area contributed by atoms with Crippen LogP contribution in [0.2, 0.25) is 0 Å². The number of rotatable bonds is 5. The van der Waals surface area contributed by atoms with Gasteiger partial charge in [0.2, 0.25) is 0 Å². The van der Waals surface area contributed by atoms with E-state index in [9.17, 15) is 9.50 Å². The van der Waals surface area contributed by atoms with E-state index in [1.54, 1.807) is 24.3 Å². The molecule has 0 aliphatic heterocycles. The first kappa shape index (κ1) is 18.2. The number of benzene rings is 2. The van der Waals surface area contributed by atoms with Gasteiger partial charge in [-0.25, -0.2) is 4.39 Å². The normalized spacial score (nSPS) is 10.4. The molecular weight excluding hydrogens is 329 g/mol. The molecule has 0 unspecified atom stereocenters. The molecular formula is C18H20FNO3S. The van der Waals surface area contributed by atoms with Gasteiger partial charge in [-0.2, -0.15) is 0 Å². The number of halogens is 1. The molecule has 0 aromatic heterocycles. The molecule has 6 heteroatoms. The van der Waals surface area contributed by atoms with Crippen molar-refractivity contribution in [3.05, 3.63) is 58.4 Å². The maximum absolute atomic E-state index is 14.1. The summed E-state index contributed by atoms with van der Waals surface area (Å²) >= 11 is 5.01. The summed E-state index contributed by atoms with van der Waals surface area (Å²) < 4.78 is 24.6. The maximum Gasteiger partial charge on any atom is 0.260 e. The van der Waals surface area contributed by atoms with E-state index < -0.39 is 5.82 Å². The molecule has 0 saturated carbocycles. The van der Waals surface area contributed by atoms with Crippen LogP contribution in [0.5, 0.6) is 5.75 Å². The molecule has 0 aliphatic rings. The van der Waals surface area contributed by atoms with Gasteiger partial charge < -0.3 is 19.9 Å². The van der Waals surface area contributed by atoms with Crippen LogP contribution >= 0.6 is 12.2 Å². The van der Waals surface area contributed by atoms with Crippen molar-refractivity contribution < 1.29 is 19.0 Å². The first-order valence-corrected chi connectivity index (χ1v) is 7.83. The molecule has 0 aliphatic carbocycles. The van der Waals surface area contributed by atoms with Gasteiger partial charge in [-0.1, -0.05) is 12.1 Å². The highest BCUT2D eigenvalue weighted by Crippen LogP contribution is 2.26. The van der Waals surface area contributed by atoms with Crippen molar-refractivity contribution in [2.45, 2.75) is 27.1 Å². The number of hydrogen-bond donors (Lipinski definition) is 2. The molecule has 0 bridgehead atoms. The summed E-state index contributed by atoms with van der Waals surface area (Å²) in [6.45, 7) is 3.67. The van der Waals surface area contributed by atoms with Crippen molar-refractivity contribution in [2.75, 3.05) is 12.4 Å². The van der Waals surface area contributed by atoms with Gasteiger partial charge in [-0.15, -0.1) is 0 Å². The summed E-state index contributed by atoms with van der Waals surface area (Å²) in [5.41, 5.74) is 3.82. The molecule has 2 N–H and O–H groups in total. The fraction of sp³-hybridized carbons (Fsp3) is 0.278. The summed E-state index contributed by atoms with van der Waals surface area (Å²) in [5.74, 6) is -0.243. The zero-order valence-electron chi connectivity index (χ0n) is 13.9. The monoisotopic (exact) mass is 349 g/mol. The Bertz CT molecular complexity index is 749. The average Bonchev–Trinajstić information content (AvgIpc) is 2.57. The highest BCUT2D eigenvalue weighted by atomic mass is 32.1. The van der Waals surface area contributed by atoms with Gasteiger partial charge in [0.05, 0.1) is 13.7 Å². The molecule has 0 heterocycles. The number of aryl methyl sites for hydroxylation is 2. The molecule has 4 nitrogen and oxygen atoms in total. The highest BCUT2D eigenvalue weighted by molar-refractivity contribution is 7.80. The van der Waals surface area contributed by atoms with Crippen molar-refractivity contribution in [2.24, 2.45) is 0 Å². The number of thiocarbonyl (C=S) groups is 1. The molecule has 0 amide bonds. The van der Waals surface area contributed by atoms with Gasteiger partial charge in [0, 0.05) is 11.3 Å². The van der Waals surface area contributed by atoms with Gasteiger partial charge in [-0.3, -0.25) is 0 Å². The summed E-state index contributed by atoms with van der Waals surface area (Å²) in [6.07, 6.45) is 0. The van der Waals surface area contributed by atoms with E-state index in [1.165, 1.54) is 13.2 Å². The first-order chi connectivity index (χ1) is 11.5. The van der Waals surface area contributed by atoms with Crippen molar-refractivity contribution >= 4 is 23.1 Å². The largest absolute Gasteiger partial charge is 0.486 e. The van der Waals surface area contributed by atoms with Crippen LogP contribution < -0.4 is 10.1 Å². The molecule has 2 rings (SSSR count). The standard InChI is InChI=1S/C18H20FNO3S/c1-11-7-15(19)17(8-12(11)2)23-10-14-13(9-21)5-4-6-16(14)20-18(24)22-3/h4-8,21H,9-10H2,1-3H3,(H,20,24). The number of hydrogen-bond acceptors (Lipinski definition) is 4. The number of methoxy groups -OCH3 is 1. The van der Waals surface area contributed by atoms with E-state index in [2.05, 4.69) is 5.32 Å². The van der Waals surface area contributed by atoms with Crippen molar-refractivity contribution in [3.8, 4) is 5.75 Å². The Morgan fingerprint density at radius 1 is 1.25 bits per heavy atom. The minimum atomic E-state index is -0.415. The molecule has 0 saturated heterocycles. The van der Waals surface area contributed by atoms with Crippen LogP contribution in [0.25, 0.3) is 0 Å². The summed E-state index contributed by atoms with van der Waals surface area (Å²) in [6, 6.07) is 8.46. The second-order valence-electron chi connectivity index (χ2n) is 5.37. The molecule has 128 valence electrons. The summed E-state index contributed by atoms with van der Waals surface area (Å²) in [5, 5.41) is 12.7. The third-order valence-corrected chi connectivity index (χ3v) is 4.05. The lowest BCUT2D eigenvalue weighted by Gasteiger charge is -2.16. The Morgan fingerprint density at radius 3 is 2.62 bits per heavy atom. The number of ether oxygens (including phenoxy) is 2. The van der Waals surface area contributed by atoms with Crippen molar-refractivity contribution in [1.29, 1.82) is 0 Å². The minimum absolute atomic E-state index is 0.0881. The maximum atomic E-state index is 14.1. The second-order valence-corrected chi connectivity index (χ2v) is 5.74. The minimum Gasteiger partial charge on any atom is -0.486 e. The van der Waals surface area contributed by atoms with E-state index in [0.717, 1.165) is 11.1 Å². The molecule has 24 heavy (non-hydrogen) atoms. The van der Waals surface area contributed by atoms with Crippen LogP contribution in [0.4, 0.5) is 10.1 Å². The highest BCUT2D eigenvalue weighted by Gasteiger charge is 2.12. The lowest BCUT2D eigenvalue weighted by molar-refractivity contribution is 0.265. The quantitative estimate of drug-likeness (QED) is 0.803. The van der Waals surface area contributed by atoms with Crippen molar-refractivity contribution in [3.63, 3.8) is 0 Å². The fourth-order valence-electron chi connectivity index (χ4n) is 2.25. The number of anilines is 1. The van der Waals surface area contributed by atoms with Gasteiger partial charge in [0.15, 0.2) is 11.6 Å².